The van der Waals surface area contributed by atoms with Crippen LogP contribution in [0.1, 0.15) is 12.0 Å². The fraction of sp³-hybridized carbons (Fsp3) is 0.429. The summed E-state index contributed by atoms with van der Waals surface area (Å²) in [4.78, 5) is 15.4. The van der Waals surface area contributed by atoms with E-state index < -0.39 is 11.6 Å². The summed E-state index contributed by atoms with van der Waals surface area (Å²) in [5, 5.41) is 11.5. The Hall–Kier alpha value is -1.80. The van der Waals surface area contributed by atoms with Gasteiger partial charge in [0.05, 0.1) is 12.1 Å². The van der Waals surface area contributed by atoms with E-state index in [9.17, 15) is 9.18 Å². The number of amidine groups is 1. The molecule has 6 nitrogen and oxygen atoms in total. The minimum absolute atomic E-state index is 0.0260. The first kappa shape index (κ1) is 15.1. The lowest BCUT2D eigenvalue weighted by Gasteiger charge is -2.44. The highest BCUT2D eigenvalue weighted by Gasteiger charge is 2.47. The first-order valence-corrected chi connectivity index (χ1v) is 7.86. The molecule has 22 heavy (non-hydrogen) atoms. The zero-order valence-corrected chi connectivity index (χ0v) is 12.5. The van der Waals surface area contributed by atoms with Gasteiger partial charge in [-0.3, -0.25) is 10.3 Å². The molecule has 2 aliphatic heterocycles. The number of nitrogens with one attached hydrogen (secondary N) is 1. The molecule has 0 spiro atoms. The maximum atomic E-state index is 14.4. The van der Waals surface area contributed by atoms with Crippen LogP contribution in [0.4, 0.5) is 14.9 Å². The third-order valence-electron chi connectivity index (χ3n) is 4.01. The van der Waals surface area contributed by atoms with Gasteiger partial charge >= 0.3 is 6.09 Å². The van der Waals surface area contributed by atoms with Crippen LogP contribution in [0.25, 0.3) is 0 Å². The predicted molar refractivity (Wildman–Crippen MR) is 82.5 cm³/mol. The van der Waals surface area contributed by atoms with Gasteiger partial charge in [-0.15, -0.1) is 0 Å². The Morgan fingerprint density at radius 3 is 3.18 bits per heavy atom. The van der Waals surface area contributed by atoms with Gasteiger partial charge in [0.1, 0.15) is 5.82 Å². The number of carbonyl (C=O) groups is 1. The van der Waals surface area contributed by atoms with Crippen molar-refractivity contribution in [1.82, 2.24) is 5.32 Å². The topological polar surface area (TPSA) is 96.9 Å². The molecule has 2 aliphatic rings. The first-order chi connectivity index (χ1) is 10.5. The second-order valence-electron chi connectivity index (χ2n) is 5.34. The largest absolute Gasteiger partial charge is 0.465 e. The number of hydrogen-bond donors (Lipinski definition) is 3. The van der Waals surface area contributed by atoms with Crippen molar-refractivity contribution >= 4 is 28.7 Å². The molecule has 0 aliphatic carbocycles. The number of aliphatic imine (C=N–C) groups is 1. The minimum Gasteiger partial charge on any atom is -0.465 e. The van der Waals surface area contributed by atoms with Crippen LogP contribution < -0.4 is 11.1 Å². The number of nitrogens with zero attached hydrogens (tertiary/aromatic N) is 1. The Bertz CT molecular complexity index is 640. The number of ether oxygens (including phenoxy) is 1. The number of halogens is 1. The molecule has 118 valence electrons. The van der Waals surface area contributed by atoms with Crippen molar-refractivity contribution in [1.29, 1.82) is 0 Å². The number of benzene rings is 1. The van der Waals surface area contributed by atoms with E-state index in [1.54, 1.807) is 6.07 Å². The van der Waals surface area contributed by atoms with Gasteiger partial charge in [0.15, 0.2) is 5.17 Å². The highest BCUT2D eigenvalue weighted by atomic mass is 32.2. The zero-order chi connectivity index (χ0) is 15.7. The van der Waals surface area contributed by atoms with Crippen LogP contribution in [0.2, 0.25) is 0 Å². The molecule has 2 unspecified atom stereocenters. The van der Waals surface area contributed by atoms with Crippen LogP contribution in [-0.2, 0) is 10.3 Å². The van der Waals surface area contributed by atoms with Crippen LogP contribution in [0.3, 0.4) is 0 Å². The van der Waals surface area contributed by atoms with E-state index in [0.29, 0.717) is 36.6 Å². The van der Waals surface area contributed by atoms with E-state index in [2.05, 4.69) is 10.3 Å². The molecule has 0 bridgehead atoms. The predicted octanol–water partition coefficient (Wildman–Crippen LogP) is 2.01. The second kappa shape index (κ2) is 5.77. The van der Waals surface area contributed by atoms with E-state index >= 15 is 0 Å². The molecule has 2 atom stereocenters. The van der Waals surface area contributed by atoms with Gasteiger partial charge < -0.3 is 15.6 Å². The van der Waals surface area contributed by atoms with E-state index in [0.717, 1.165) is 0 Å². The lowest BCUT2D eigenvalue weighted by molar-refractivity contribution is 0.00878. The highest BCUT2D eigenvalue weighted by Crippen LogP contribution is 2.46. The van der Waals surface area contributed by atoms with E-state index in [1.165, 1.54) is 23.9 Å². The molecular formula is C14H16FN3O3S. The molecule has 3 rings (SSSR count). The Morgan fingerprint density at radius 1 is 1.59 bits per heavy atom. The Labute approximate surface area is 130 Å². The molecule has 0 aromatic heterocycles. The fourth-order valence-electron chi connectivity index (χ4n) is 2.97. The Kier molecular flexibility index (Phi) is 3.96. The van der Waals surface area contributed by atoms with Gasteiger partial charge in [-0.25, -0.2) is 9.18 Å². The van der Waals surface area contributed by atoms with E-state index in [-0.39, 0.29) is 16.9 Å². The summed E-state index contributed by atoms with van der Waals surface area (Å²) < 4.78 is 19.9. The van der Waals surface area contributed by atoms with Crippen molar-refractivity contribution in [2.45, 2.75) is 12.0 Å². The van der Waals surface area contributed by atoms with Crippen molar-refractivity contribution in [2.75, 3.05) is 24.7 Å². The summed E-state index contributed by atoms with van der Waals surface area (Å²) >= 11 is 1.30. The number of amides is 1. The molecule has 1 aromatic rings. The average molecular weight is 325 g/mol. The normalized spacial score (nSPS) is 27.7. The third-order valence-corrected chi connectivity index (χ3v) is 5.05. The smallest absolute Gasteiger partial charge is 0.410 e. The summed E-state index contributed by atoms with van der Waals surface area (Å²) in [6, 6.07) is 4.42. The maximum Gasteiger partial charge on any atom is 0.410 e. The third kappa shape index (κ3) is 2.64. The summed E-state index contributed by atoms with van der Waals surface area (Å²) in [5.41, 5.74) is 5.84. The van der Waals surface area contributed by atoms with Crippen LogP contribution in [-0.4, -0.2) is 35.3 Å². The second-order valence-corrected chi connectivity index (χ2v) is 6.35. The molecule has 8 heteroatoms. The van der Waals surface area contributed by atoms with Crippen molar-refractivity contribution in [2.24, 2.45) is 10.9 Å². The highest BCUT2D eigenvalue weighted by molar-refractivity contribution is 8.13. The number of nitrogen functional groups attached to an aromatic ring is 1. The number of nitrogens with two attached hydrogens (primary N) is 1. The number of fused-ring (bicyclic) bond motifs is 1. The van der Waals surface area contributed by atoms with Gasteiger partial charge in [-0.2, -0.15) is 0 Å². The molecule has 1 saturated heterocycles. The Balaban J connectivity index is 2.10. The molecule has 2 heterocycles. The summed E-state index contributed by atoms with van der Waals surface area (Å²) in [6.07, 6.45) is -0.691. The average Bonchev–Trinajstić information content (AvgIpc) is 2.48. The van der Waals surface area contributed by atoms with Crippen LogP contribution in [0, 0.1) is 11.7 Å². The number of carboxylic acid groups (broad SMARTS) is 1. The number of hydrogen-bond acceptors (Lipinski definition) is 5. The quantitative estimate of drug-likeness (QED) is 0.686. The molecular weight excluding hydrogens is 309 g/mol. The summed E-state index contributed by atoms with van der Waals surface area (Å²) in [5.74, 6) is 0.196. The number of anilines is 1. The molecule has 1 amide bonds. The van der Waals surface area contributed by atoms with Crippen molar-refractivity contribution in [3.8, 4) is 0 Å². The van der Waals surface area contributed by atoms with Crippen molar-refractivity contribution in [3.05, 3.63) is 29.6 Å². The van der Waals surface area contributed by atoms with Gasteiger partial charge in [-0.1, -0.05) is 11.8 Å². The van der Waals surface area contributed by atoms with Gasteiger partial charge in [0.2, 0.25) is 0 Å². The molecule has 1 fully saturated rings. The van der Waals surface area contributed by atoms with Crippen LogP contribution in [0.15, 0.2) is 23.2 Å². The van der Waals surface area contributed by atoms with Crippen molar-refractivity contribution in [3.63, 3.8) is 0 Å². The van der Waals surface area contributed by atoms with Gasteiger partial charge in [0.25, 0.3) is 0 Å². The van der Waals surface area contributed by atoms with E-state index in [4.69, 9.17) is 15.6 Å². The standard InChI is InChI=1S/C14H16FN3O3S/c15-11-2-1-9(16)5-10(11)14-3-4-21-6-8(14)7-22-12(18-14)17-13(19)20/h1-2,5,8H,3-4,6-7,16H2,(H,17,18)(H,19,20). The maximum absolute atomic E-state index is 14.4. The molecule has 4 N–H and O–H groups in total. The summed E-state index contributed by atoms with van der Waals surface area (Å²) in [6.45, 7) is 0.907. The lowest BCUT2D eigenvalue weighted by Crippen LogP contribution is -2.48. The van der Waals surface area contributed by atoms with Crippen molar-refractivity contribution < 1.29 is 19.0 Å². The first-order valence-electron chi connectivity index (χ1n) is 6.87. The van der Waals surface area contributed by atoms with Crippen LogP contribution in [0.5, 0.6) is 0 Å². The summed E-state index contributed by atoms with van der Waals surface area (Å²) in [7, 11) is 0. The molecule has 0 radical (unpaired) electrons. The van der Waals surface area contributed by atoms with Gasteiger partial charge in [-0.05, 0) is 18.2 Å². The zero-order valence-electron chi connectivity index (χ0n) is 11.7. The molecule has 1 aromatic carbocycles. The molecule has 0 saturated carbocycles. The lowest BCUT2D eigenvalue weighted by atomic mass is 9.75. The minimum atomic E-state index is -1.18. The fourth-order valence-corrected chi connectivity index (χ4v) is 4.08. The monoisotopic (exact) mass is 325 g/mol. The van der Waals surface area contributed by atoms with E-state index in [1.807, 2.05) is 0 Å². The SMILES string of the molecule is Nc1ccc(F)c(C23CCOCC2CSC(NC(=O)O)=N3)c1. The van der Waals surface area contributed by atoms with Gasteiger partial charge in [0, 0.05) is 35.9 Å². The number of thioether (sulfide) groups is 1. The Morgan fingerprint density at radius 2 is 2.41 bits per heavy atom. The van der Waals surface area contributed by atoms with Crippen LogP contribution >= 0.6 is 11.8 Å². The number of rotatable bonds is 1.